The fourth-order valence-corrected chi connectivity index (χ4v) is 4.27. The molecule has 3 rings (SSSR count). The SMILES string of the molecule is NC(=O)[CH]C(=O)N1C2CC[C@H]1CC([C@H](N)Cc1cc(F)c(F)cc1F)C2. The maximum absolute atomic E-state index is 13.9. The zero-order valence-electron chi connectivity index (χ0n) is 14.1. The van der Waals surface area contributed by atoms with Crippen LogP contribution in [0.5, 0.6) is 0 Å². The number of hydrogen-bond donors (Lipinski definition) is 2. The first-order chi connectivity index (χ1) is 12.3. The summed E-state index contributed by atoms with van der Waals surface area (Å²) in [4.78, 5) is 24.8. The van der Waals surface area contributed by atoms with E-state index in [1.54, 1.807) is 4.90 Å². The third-order valence-electron chi connectivity index (χ3n) is 5.44. The molecule has 0 aliphatic carbocycles. The summed E-state index contributed by atoms with van der Waals surface area (Å²) in [5.41, 5.74) is 11.3. The van der Waals surface area contributed by atoms with E-state index in [-0.39, 0.29) is 35.9 Å². The summed E-state index contributed by atoms with van der Waals surface area (Å²) in [5, 5.41) is 0. The third kappa shape index (κ3) is 3.70. The normalized spacial score (nSPS) is 26.0. The minimum atomic E-state index is -1.23. The van der Waals surface area contributed by atoms with Crippen molar-refractivity contribution in [1.82, 2.24) is 4.90 Å². The van der Waals surface area contributed by atoms with Crippen molar-refractivity contribution in [3.8, 4) is 0 Å². The van der Waals surface area contributed by atoms with Crippen molar-refractivity contribution < 1.29 is 22.8 Å². The highest BCUT2D eigenvalue weighted by molar-refractivity contribution is 6.08. The summed E-state index contributed by atoms with van der Waals surface area (Å²) in [7, 11) is 0. The lowest BCUT2D eigenvalue weighted by Crippen LogP contribution is -2.51. The average Bonchev–Trinajstić information content (AvgIpc) is 2.82. The minimum Gasteiger partial charge on any atom is -0.369 e. The highest BCUT2D eigenvalue weighted by atomic mass is 19.2. The first-order valence-corrected chi connectivity index (χ1v) is 8.61. The molecule has 141 valence electrons. The molecule has 2 bridgehead atoms. The van der Waals surface area contributed by atoms with E-state index in [1.807, 2.05) is 0 Å². The quantitative estimate of drug-likeness (QED) is 0.609. The number of amides is 2. The molecule has 0 saturated carbocycles. The number of halogens is 3. The minimum absolute atomic E-state index is 0.0256. The molecular weight excluding hydrogens is 347 g/mol. The average molecular weight is 368 g/mol. The summed E-state index contributed by atoms with van der Waals surface area (Å²) >= 11 is 0. The summed E-state index contributed by atoms with van der Waals surface area (Å²) in [6.07, 6.45) is 3.86. The molecular formula is C18H21F3N3O2. The Kier molecular flexibility index (Phi) is 5.22. The molecule has 1 aromatic carbocycles. The summed E-state index contributed by atoms with van der Waals surface area (Å²) in [5.74, 6) is -4.28. The van der Waals surface area contributed by atoms with Crippen LogP contribution in [0.2, 0.25) is 0 Å². The van der Waals surface area contributed by atoms with Crippen LogP contribution in [-0.4, -0.2) is 34.8 Å². The molecule has 4 atom stereocenters. The zero-order chi connectivity index (χ0) is 19.0. The van der Waals surface area contributed by atoms with Crippen molar-refractivity contribution in [1.29, 1.82) is 0 Å². The van der Waals surface area contributed by atoms with E-state index in [4.69, 9.17) is 11.5 Å². The van der Waals surface area contributed by atoms with Gasteiger partial charge in [0.2, 0.25) is 11.8 Å². The van der Waals surface area contributed by atoms with Crippen LogP contribution < -0.4 is 11.5 Å². The van der Waals surface area contributed by atoms with Gasteiger partial charge in [-0.3, -0.25) is 9.59 Å². The van der Waals surface area contributed by atoms with Gasteiger partial charge in [0.15, 0.2) is 11.6 Å². The number of nitrogens with two attached hydrogens (primary N) is 2. The second-order valence-corrected chi connectivity index (χ2v) is 7.13. The Morgan fingerprint density at radius 2 is 1.69 bits per heavy atom. The van der Waals surface area contributed by atoms with Crippen LogP contribution in [0.1, 0.15) is 31.2 Å². The zero-order valence-corrected chi connectivity index (χ0v) is 14.1. The van der Waals surface area contributed by atoms with E-state index < -0.39 is 29.4 Å². The summed E-state index contributed by atoms with van der Waals surface area (Å²) in [6, 6.07) is 0.863. The Bertz CT molecular complexity index is 714. The van der Waals surface area contributed by atoms with Crippen molar-refractivity contribution >= 4 is 11.8 Å². The predicted molar refractivity (Wildman–Crippen MR) is 87.9 cm³/mol. The predicted octanol–water partition coefficient (Wildman–Crippen LogP) is 1.43. The monoisotopic (exact) mass is 368 g/mol. The van der Waals surface area contributed by atoms with Crippen molar-refractivity contribution in [2.45, 2.75) is 50.2 Å². The van der Waals surface area contributed by atoms with E-state index >= 15 is 0 Å². The maximum Gasteiger partial charge on any atom is 0.237 e. The van der Waals surface area contributed by atoms with Crippen LogP contribution >= 0.6 is 0 Å². The van der Waals surface area contributed by atoms with E-state index in [1.165, 1.54) is 0 Å². The Morgan fingerprint density at radius 1 is 1.12 bits per heavy atom. The number of rotatable bonds is 5. The standard InChI is InChI=1S/C18H21F3N3O2/c19-13-7-15(21)14(20)5-9(13)6-16(22)10-3-11-1-2-12(4-10)24(11)18(26)8-17(23)25/h5,7-8,10-12,16H,1-4,6,22H2,(H2,23,25)/t10?,11-,12?,16+/m0/s1. The van der Waals surface area contributed by atoms with E-state index in [2.05, 4.69) is 0 Å². The molecule has 2 aliphatic rings. The van der Waals surface area contributed by atoms with Gasteiger partial charge in [-0.05, 0) is 49.7 Å². The fraction of sp³-hybridized carbons (Fsp3) is 0.500. The molecule has 1 aromatic rings. The number of nitrogens with zero attached hydrogens (tertiary/aromatic N) is 1. The summed E-state index contributed by atoms with van der Waals surface area (Å²) in [6.45, 7) is 0. The smallest absolute Gasteiger partial charge is 0.237 e. The number of primary amides is 1. The number of carbonyl (C=O) groups excluding carboxylic acids is 2. The second-order valence-electron chi connectivity index (χ2n) is 7.13. The van der Waals surface area contributed by atoms with Gasteiger partial charge in [-0.1, -0.05) is 0 Å². The largest absolute Gasteiger partial charge is 0.369 e. The van der Waals surface area contributed by atoms with Crippen LogP contribution in [0.4, 0.5) is 13.2 Å². The first-order valence-electron chi connectivity index (χ1n) is 8.61. The van der Waals surface area contributed by atoms with Crippen LogP contribution in [0.3, 0.4) is 0 Å². The lowest BCUT2D eigenvalue weighted by molar-refractivity contribution is -0.134. The maximum atomic E-state index is 13.9. The van der Waals surface area contributed by atoms with Gasteiger partial charge in [0.05, 0.1) is 0 Å². The Morgan fingerprint density at radius 3 is 2.27 bits per heavy atom. The first kappa shape index (κ1) is 18.7. The molecule has 2 unspecified atom stereocenters. The van der Waals surface area contributed by atoms with Crippen LogP contribution in [0.25, 0.3) is 0 Å². The molecule has 2 amide bonds. The van der Waals surface area contributed by atoms with Gasteiger partial charge in [-0.15, -0.1) is 0 Å². The molecule has 8 heteroatoms. The van der Waals surface area contributed by atoms with Crippen molar-refractivity contribution in [3.05, 3.63) is 41.6 Å². The Hall–Kier alpha value is -2.09. The molecule has 2 fully saturated rings. The second kappa shape index (κ2) is 7.26. The lowest BCUT2D eigenvalue weighted by atomic mass is 9.82. The molecule has 0 aromatic heterocycles. The number of piperidine rings is 1. The van der Waals surface area contributed by atoms with Gasteiger partial charge in [0.1, 0.15) is 12.2 Å². The fourth-order valence-electron chi connectivity index (χ4n) is 4.27. The van der Waals surface area contributed by atoms with Crippen LogP contribution in [-0.2, 0) is 16.0 Å². The van der Waals surface area contributed by atoms with Gasteiger partial charge < -0.3 is 16.4 Å². The lowest BCUT2D eigenvalue weighted by Gasteiger charge is -2.41. The Labute approximate surface area is 149 Å². The molecule has 5 nitrogen and oxygen atoms in total. The van der Waals surface area contributed by atoms with Crippen LogP contribution in [0, 0.1) is 29.8 Å². The molecule has 1 radical (unpaired) electrons. The number of fused-ring (bicyclic) bond motifs is 2. The topological polar surface area (TPSA) is 89.4 Å². The van der Waals surface area contributed by atoms with Gasteiger partial charge in [0, 0.05) is 24.2 Å². The van der Waals surface area contributed by atoms with Gasteiger partial charge >= 0.3 is 0 Å². The number of hydrogen-bond acceptors (Lipinski definition) is 3. The number of carbonyl (C=O) groups is 2. The van der Waals surface area contributed by atoms with E-state index in [0.29, 0.717) is 18.9 Å². The summed E-state index contributed by atoms with van der Waals surface area (Å²) < 4.78 is 40.3. The highest BCUT2D eigenvalue weighted by Gasteiger charge is 2.44. The Balaban J connectivity index is 1.66. The van der Waals surface area contributed by atoms with Crippen molar-refractivity contribution in [3.63, 3.8) is 0 Å². The van der Waals surface area contributed by atoms with Crippen LogP contribution in [0.15, 0.2) is 12.1 Å². The molecule has 2 heterocycles. The van der Waals surface area contributed by atoms with E-state index in [0.717, 1.165) is 25.3 Å². The third-order valence-corrected chi connectivity index (χ3v) is 5.44. The molecule has 4 N–H and O–H groups in total. The molecule has 2 saturated heterocycles. The molecule has 0 spiro atoms. The number of benzene rings is 1. The van der Waals surface area contributed by atoms with Gasteiger partial charge in [-0.25, -0.2) is 13.2 Å². The van der Waals surface area contributed by atoms with Gasteiger partial charge in [-0.2, -0.15) is 0 Å². The van der Waals surface area contributed by atoms with E-state index in [9.17, 15) is 22.8 Å². The molecule has 26 heavy (non-hydrogen) atoms. The highest BCUT2D eigenvalue weighted by Crippen LogP contribution is 2.40. The molecule has 2 aliphatic heterocycles. The van der Waals surface area contributed by atoms with Crippen molar-refractivity contribution in [2.75, 3.05) is 0 Å². The van der Waals surface area contributed by atoms with Crippen molar-refractivity contribution in [2.24, 2.45) is 17.4 Å². The van der Waals surface area contributed by atoms with Gasteiger partial charge in [0.25, 0.3) is 0 Å².